The number of allylic oxidation sites excluding steroid dienone is 19. The second kappa shape index (κ2) is 49.7. The zero-order valence-electron chi connectivity index (χ0n) is 38.7. The molecule has 0 radical (unpaired) electrons. The molecule has 0 amide bonds. The molecule has 0 aromatic carbocycles. The number of esters is 2. The van der Waals surface area contributed by atoms with Gasteiger partial charge in [0.15, 0.2) is 6.10 Å². The first-order valence-electron chi connectivity index (χ1n) is 24.1. The summed E-state index contributed by atoms with van der Waals surface area (Å²) in [6.07, 6.45) is 69.4. The van der Waals surface area contributed by atoms with Crippen molar-refractivity contribution in [2.45, 2.75) is 194 Å². The first-order valence-corrected chi connectivity index (χ1v) is 24.1. The van der Waals surface area contributed by atoms with Gasteiger partial charge in [-0.15, -0.1) is 0 Å². The number of hydrogen-bond donors (Lipinski definition) is 0. The molecule has 0 aliphatic carbocycles. The third-order valence-electron chi connectivity index (χ3n) is 9.51. The van der Waals surface area contributed by atoms with Crippen LogP contribution in [0, 0.1) is 0 Å². The van der Waals surface area contributed by atoms with Crippen molar-refractivity contribution < 1.29 is 23.8 Å². The van der Waals surface area contributed by atoms with Gasteiger partial charge in [0, 0.05) is 12.8 Å². The highest BCUT2D eigenvalue weighted by molar-refractivity contribution is 5.70. The Bertz CT molecular complexity index is 1260. The molecule has 0 saturated carbocycles. The second-order valence-electron chi connectivity index (χ2n) is 15.3. The highest BCUT2D eigenvalue weighted by atomic mass is 16.6. The van der Waals surface area contributed by atoms with Gasteiger partial charge in [0.1, 0.15) is 6.61 Å². The normalized spacial score (nSPS) is 13.3. The predicted octanol–water partition coefficient (Wildman–Crippen LogP) is 16.2. The van der Waals surface area contributed by atoms with Crippen molar-refractivity contribution in [1.29, 1.82) is 0 Å². The van der Waals surface area contributed by atoms with Gasteiger partial charge in [-0.25, -0.2) is 0 Å². The van der Waals surface area contributed by atoms with Crippen LogP contribution in [0.2, 0.25) is 0 Å². The lowest BCUT2D eigenvalue weighted by atomic mass is 10.1. The molecular weight excluding hydrogens is 741 g/mol. The van der Waals surface area contributed by atoms with E-state index in [1.54, 1.807) is 0 Å². The first kappa shape index (κ1) is 56.3. The Morgan fingerprint density at radius 2 is 0.750 bits per heavy atom. The maximum Gasteiger partial charge on any atom is 0.306 e. The van der Waals surface area contributed by atoms with Gasteiger partial charge in [0.2, 0.25) is 0 Å². The lowest BCUT2D eigenvalue weighted by Crippen LogP contribution is -2.30. The fourth-order valence-electron chi connectivity index (χ4n) is 6.01. The maximum absolute atomic E-state index is 12.7. The molecule has 5 heteroatoms. The van der Waals surface area contributed by atoms with Gasteiger partial charge in [-0.1, -0.05) is 200 Å². The largest absolute Gasteiger partial charge is 0.462 e. The van der Waals surface area contributed by atoms with Crippen LogP contribution >= 0.6 is 0 Å². The molecule has 1 unspecified atom stereocenters. The number of carbonyl (C=O) groups is 2. The number of ether oxygens (including phenoxy) is 3. The molecular formula is C55H88O5. The summed E-state index contributed by atoms with van der Waals surface area (Å²) in [6, 6.07) is 0. The summed E-state index contributed by atoms with van der Waals surface area (Å²) in [7, 11) is 0. The van der Waals surface area contributed by atoms with Crippen LogP contribution < -0.4 is 0 Å². The molecule has 0 saturated heterocycles. The first-order chi connectivity index (χ1) is 29.6. The molecule has 0 aromatic rings. The number of carbonyl (C=O) groups excluding carboxylic acids is 2. The van der Waals surface area contributed by atoms with Crippen molar-refractivity contribution in [3.8, 4) is 0 Å². The molecule has 0 bridgehead atoms. The lowest BCUT2D eigenvalue weighted by Gasteiger charge is -2.18. The van der Waals surface area contributed by atoms with E-state index in [0.29, 0.717) is 19.4 Å². The van der Waals surface area contributed by atoms with Crippen molar-refractivity contribution in [3.05, 3.63) is 122 Å². The van der Waals surface area contributed by atoms with Gasteiger partial charge < -0.3 is 14.2 Å². The molecule has 60 heavy (non-hydrogen) atoms. The van der Waals surface area contributed by atoms with Gasteiger partial charge in [0.25, 0.3) is 0 Å². The molecule has 0 rings (SSSR count). The molecule has 1 atom stereocenters. The SMILES string of the molecule is CC/C=C\C/C=C\C/C=C\C/C=C\C/C=C\CCCCCC(=O)OCC(COCC/C=C\C/C=C\C/C=C\C/C=C\C/C=C\CC)OC(=O)CCCCCCCCCCC. The van der Waals surface area contributed by atoms with Crippen molar-refractivity contribution in [1.82, 2.24) is 0 Å². The van der Waals surface area contributed by atoms with Crippen LogP contribution in [-0.4, -0.2) is 37.9 Å². The summed E-state index contributed by atoms with van der Waals surface area (Å²) < 4.78 is 17.2. The van der Waals surface area contributed by atoms with Crippen molar-refractivity contribution >= 4 is 11.9 Å². The van der Waals surface area contributed by atoms with E-state index in [9.17, 15) is 9.59 Å². The van der Waals surface area contributed by atoms with Crippen LogP contribution in [0.3, 0.4) is 0 Å². The molecule has 0 aliphatic heterocycles. The van der Waals surface area contributed by atoms with Crippen LogP contribution in [0.15, 0.2) is 122 Å². The molecule has 0 spiro atoms. The van der Waals surface area contributed by atoms with E-state index in [-0.39, 0.29) is 25.2 Å². The fourth-order valence-corrected chi connectivity index (χ4v) is 6.01. The lowest BCUT2D eigenvalue weighted by molar-refractivity contribution is -0.162. The van der Waals surface area contributed by atoms with E-state index in [4.69, 9.17) is 14.2 Å². The summed E-state index contributed by atoms with van der Waals surface area (Å²) in [5, 5.41) is 0. The summed E-state index contributed by atoms with van der Waals surface area (Å²) in [5.74, 6) is -0.487. The van der Waals surface area contributed by atoms with Gasteiger partial charge in [0.05, 0.1) is 13.2 Å². The number of unbranched alkanes of at least 4 members (excludes halogenated alkanes) is 11. The van der Waals surface area contributed by atoms with Gasteiger partial charge in [-0.2, -0.15) is 0 Å². The molecule has 5 nitrogen and oxygen atoms in total. The van der Waals surface area contributed by atoms with E-state index >= 15 is 0 Å². The van der Waals surface area contributed by atoms with Crippen LogP contribution in [0.1, 0.15) is 188 Å². The molecule has 338 valence electrons. The number of rotatable bonds is 42. The predicted molar refractivity (Wildman–Crippen MR) is 260 cm³/mol. The van der Waals surface area contributed by atoms with Crippen LogP contribution in [-0.2, 0) is 23.8 Å². The Labute approximate surface area is 369 Å². The van der Waals surface area contributed by atoms with Gasteiger partial charge >= 0.3 is 11.9 Å². The Kier molecular flexibility index (Phi) is 46.6. The Hall–Kier alpha value is -3.70. The average Bonchev–Trinajstić information content (AvgIpc) is 3.25. The Balaban J connectivity index is 4.40. The molecule has 0 aromatic heterocycles. The standard InChI is InChI=1S/C55H88O5/c1-4-7-10-13-16-19-21-23-25-27-28-29-30-32-34-37-39-42-45-48-54(56)59-52-53(60-55(57)49-46-43-40-36-18-15-12-9-6-3)51-58-50-47-44-41-38-35-33-31-26-24-22-20-17-14-11-8-5-2/h7-8,10-11,16-17,19-20,23-26,28-29,32-35,41,44,53H,4-6,9,12-15,18,21-22,27,30-31,36-40,42-43,45-52H2,1-3H3/b10-7-,11-8-,19-16-,20-17-,25-23-,26-24-,29-28-,34-32-,35-33-,44-41-. The monoisotopic (exact) mass is 829 g/mol. The van der Waals surface area contributed by atoms with Crippen molar-refractivity contribution in [3.63, 3.8) is 0 Å². The minimum Gasteiger partial charge on any atom is -0.462 e. The Morgan fingerprint density at radius 1 is 0.383 bits per heavy atom. The van der Waals surface area contributed by atoms with E-state index in [0.717, 1.165) is 116 Å². The minimum absolute atomic E-state index is 0.0318. The Morgan fingerprint density at radius 3 is 1.20 bits per heavy atom. The molecule has 0 heterocycles. The topological polar surface area (TPSA) is 61.8 Å². The van der Waals surface area contributed by atoms with Gasteiger partial charge in [-0.3, -0.25) is 9.59 Å². The quantitative estimate of drug-likeness (QED) is 0.0348. The molecule has 0 fully saturated rings. The fraction of sp³-hybridized carbons (Fsp3) is 0.600. The van der Waals surface area contributed by atoms with Crippen molar-refractivity contribution in [2.24, 2.45) is 0 Å². The second-order valence-corrected chi connectivity index (χ2v) is 15.3. The maximum atomic E-state index is 12.7. The van der Waals surface area contributed by atoms with Crippen molar-refractivity contribution in [2.75, 3.05) is 19.8 Å². The summed E-state index contributed by atoms with van der Waals surface area (Å²) >= 11 is 0. The average molecular weight is 829 g/mol. The van der Waals surface area contributed by atoms with E-state index < -0.39 is 6.10 Å². The summed E-state index contributed by atoms with van der Waals surface area (Å²) in [4.78, 5) is 25.3. The van der Waals surface area contributed by atoms with E-state index in [2.05, 4.69) is 142 Å². The van der Waals surface area contributed by atoms with Crippen LogP contribution in [0.5, 0.6) is 0 Å². The summed E-state index contributed by atoms with van der Waals surface area (Å²) in [5.41, 5.74) is 0. The van der Waals surface area contributed by atoms with Crippen LogP contribution in [0.25, 0.3) is 0 Å². The minimum atomic E-state index is -0.594. The summed E-state index contributed by atoms with van der Waals surface area (Å²) in [6.45, 7) is 7.31. The molecule has 0 N–H and O–H groups in total. The molecule has 0 aliphatic rings. The van der Waals surface area contributed by atoms with Gasteiger partial charge in [-0.05, 0) is 96.3 Å². The highest BCUT2D eigenvalue weighted by Crippen LogP contribution is 2.12. The van der Waals surface area contributed by atoms with E-state index in [1.165, 1.54) is 38.5 Å². The third-order valence-corrected chi connectivity index (χ3v) is 9.51. The third kappa shape index (κ3) is 47.0. The smallest absolute Gasteiger partial charge is 0.306 e. The van der Waals surface area contributed by atoms with E-state index in [1.807, 2.05) is 0 Å². The number of hydrogen-bond acceptors (Lipinski definition) is 5. The van der Waals surface area contributed by atoms with Crippen LogP contribution in [0.4, 0.5) is 0 Å². The highest BCUT2D eigenvalue weighted by Gasteiger charge is 2.17. The zero-order valence-corrected chi connectivity index (χ0v) is 38.7. The zero-order chi connectivity index (χ0) is 43.5.